The van der Waals surface area contributed by atoms with Crippen molar-refractivity contribution in [2.45, 2.75) is 160 Å². The second kappa shape index (κ2) is 23.9. The Kier molecular flexibility index (Phi) is 20.3. The molecule has 2 aliphatic rings. The minimum Gasteiger partial charge on any atom is -0.416 e. The summed E-state index contributed by atoms with van der Waals surface area (Å²) in [5.74, 6) is -0.00791. The average Bonchev–Trinajstić information content (AvgIpc) is 3.20. The Balaban J connectivity index is 0.000000275. The molecule has 336 valence electrons. The molecule has 0 radical (unpaired) electrons. The van der Waals surface area contributed by atoms with E-state index in [-0.39, 0.29) is 45.3 Å². The topological polar surface area (TPSA) is 81.2 Å². The summed E-state index contributed by atoms with van der Waals surface area (Å²) < 4.78 is 51.7. The first-order chi connectivity index (χ1) is 28.3. The van der Waals surface area contributed by atoms with Crippen molar-refractivity contribution in [3.8, 4) is 0 Å². The number of halogens is 3. The molecular formula is C47H73BrClFN2O6Si2. The van der Waals surface area contributed by atoms with Gasteiger partial charge in [0.15, 0.2) is 29.2 Å². The molecule has 0 bridgehead atoms. The van der Waals surface area contributed by atoms with Gasteiger partial charge in [-0.15, -0.1) is 0 Å². The van der Waals surface area contributed by atoms with Crippen LogP contribution in [0.4, 0.5) is 4.39 Å². The molecule has 0 aliphatic carbocycles. The van der Waals surface area contributed by atoms with Crippen LogP contribution in [0.1, 0.15) is 127 Å². The number of ether oxygens (including phenoxy) is 4. The molecule has 60 heavy (non-hydrogen) atoms. The molecule has 2 aromatic heterocycles. The molecule has 8 nitrogen and oxygen atoms in total. The van der Waals surface area contributed by atoms with Gasteiger partial charge in [0.25, 0.3) is 0 Å². The molecule has 2 fully saturated rings. The summed E-state index contributed by atoms with van der Waals surface area (Å²) in [7, 11) is -3.68. The van der Waals surface area contributed by atoms with Gasteiger partial charge in [-0.1, -0.05) is 71.3 Å². The number of hydrogen-bond acceptors (Lipinski definition) is 8. The smallest absolute Gasteiger partial charge is 0.192 e. The third kappa shape index (κ3) is 16.5. The summed E-state index contributed by atoms with van der Waals surface area (Å²) in [5, 5.41) is 0.492. The summed E-state index contributed by atoms with van der Waals surface area (Å²) >= 11 is 9.40. The molecule has 0 spiro atoms. The van der Waals surface area contributed by atoms with Crippen LogP contribution in [0.5, 0.6) is 0 Å². The number of nitrogens with zero attached hydrogens (tertiary/aromatic N) is 2. The third-order valence-corrected chi connectivity index (χ3v) is 22.3. The summed E-state index contributed by atoms with van der Waals surface area (Å²) in [6.45, 7) is 26.9. The van der Waals surface area contributed by atoms with Crippen molar-refractivity contribution >= 4 is 44.2 Å². The van der Waals surface area contributed by atoms with Crippen LogP contribution in [-0.2, 0) is 34.2 Å². The van der Waals surface area contributed by atoms with E-state index < -0.39 is 16.6 Å². The standard InChI is InChI=1S/C27H39ClFNO3Si.C20H34BrNO3Si/c1-27(2,3)34(4,5)33-19-22(14-16-32-25-11-6-7-15-31-25)24-13-12-20(18-30-24)17-21-9-8-10-23(28)26(21)29;1-20(2,3)26(4,5)25-15-16(18-10-9-17(21)14-22-18)11-13-24-19-8-6-7-12-23-19/h8-10,12-13,18,22,25H,6-7,11,14-17,19H2,1-5H3;9-10,14,16,19H,6-8,11-13,15H2,1-5H3. The highest BCUT2D eigenvalue weighted by Crippen LogP contribution is 2.39. The second-order valence-electron chi connectivity index (χ2n) is 19.3. The molecule has 2 aliphatic heterocycles. The van der Waals surface area contributed by atoms with Gasteiger partial charge in [-0.25, -0.2) is 4.39 Å². The van der Waals surface area contributed by atoms with Crippen LogP contribution in [0.25, 0.3) is 0 Å². The van der Waals surface area contributed by atoms with E-state index in [0.29, 0.717) is 38.4 Å². The van der Waals surface area contributed by atoms with Crippen LogP contribution >= 0.6 is 27.5 Å². The first-order valence-corrected chi connectivity index (χ1v) is 29.0. The van der Waals surface area contributed by atoms with Crippen molar-refractivity contribution in [1.29, 1.82) is 0 Å². The Hall–Kier alpha value is -1.59. The fourth-order valence-corrected chi connectivity index (χ4v) is 8.90. The lowest BCUT2D eigenvalue weighted by Gasteiger charge is -2.37. The predicted molar refractivity (Wildman–Crippen MR) is 250 cm³/mol. The third-order valence-electron chi connectivity index (χ3n) is 12.6. The molecular weight excluding hydrogens is 879 g/mol. The number of benzene rings is 1. The van der Waals surface area contributed by atoms with E-state index in [0.717, 1.165) is 79.6 Å². The van der Waals surface area contributed by atoms with Gasteiger partial charge in [0.1, 0.15) is 5.82 Å². The van der Waals surface area contributed by atoms with E-state index in [4.69, 9.17) is 44.4 Å². The van der Waals surface area contributed by atoms with Crippen LogP contribution in [0.15, 0.2) is 59.3 Å². The average molecular weight is 953 g/mol. The summed E-state index contributed by atoms with van der Waals surface area (Å²) in [4.78, 5) is 9.36. The van der Waals surface area contributed by atoms with Crippen LogP contribution < -0.4 is 0 Å². The lowest BCUT2D eigenvalue weighted by Crippen LogP contribution is -2.41. The van der Waals surface area contributed by atoms with Crippen molar-refractivity contribution in [2.24, 2.45) is 0 Å². The first kappa shape index (κ1) is 51.1. The van der Waals surface area contributed by atoms with Gasteiger partial charge in [0.05, 0.1) is 18.2 Å². The Morgan fingerprint density at radius 2 is 1.23 bits per heavy atom. The van der Waals surface area contributed by atoms with Gasteiger partial charge >= 0.3 is 0 Å². The van der Waals surface area contributed by atoms with Crippen LogP contribution in [0.3, 0.4) is 0 Å². The van der Waals surface area contributed by atoms with E-state index in [1.54, 1.807) is 18.2 Å². The molecule has 0 saturated carbocycles. The maximum absolute atomic E-state index is 14.3. The fourth-order valence-electron chi connectivity index (χ4n) is 6.37. The molecule has 0 N–H and O–H groups in total. The number of rotatable bonds is 18. The Morgan fingerprint density at radius 1 is 0.733 bits per heavy atom. The summed E-state index contributed by atoms with van der Waals surface area (Å²) in [6, 6.07) is 13.3. The van der Waals surface area contributed by atoms with E-state index in [2.05, 4.69) is 94.7 Å². The van der Waals surface area contributed by atoms with Crippen molar-refractivity contribution in [1.82, 2.24) is 9.97 Å². The SMILES string of the molecule is CC(C)(C)[Si](C)(C)OCC(CCOC1CCCCO1)c1ccc(Br)cn1.CC(C)(C)[Si](C)(C)OCC(CCOC1CCCCO1)c1ccc(Cc2cccc(Cl)c2F)cn1. The summed E-state index contributed by atoms with van der Waals surface area (Å²) in [6.07, 6.45) is 12.3. The molecule has 4 atom stereocenters. The fraction of sp³-hybridized carbons (Fsp3) is 0.660. The lowest BCUT2D eigenvalue weighted by molar-refractivity contribution is -0.163. The minimum atomic E-state index is -1.89. The largest absolute Gasteiger partial charge is 0.416 e. The van der Waals surface area contributed by atoms with Crippen LogP contribution in [-0.4, -0.2) is 78.8 Å². The highest BCUT2D eigenvalue weighted by Gasteiger charge is 2.39. The van der Waals surface area contributed by atoms with Gasteiger partial charge in [-0.3, -0.25) is 9.97 Å². The number of hydrogen-bond donors (Lipinski definition) is 0. The molecule has 0 amide bonds. The molecule has 2 saturated heterocycles. The van der Waals surface area contributed by atoms with E-state index in [1.807, 2.05) is 30.6 Å². The lowest BCUT2D eigenvalue weighted by atomic mass is 10.0. The number of pyridine rings is 2. The van der Waals surface area contributed by atoms with Crippen LogP contribution in [0, 0.1) is 5.82 Å². The van der Waals surface area contributed by atoms with Gasteiger partial charge in [-0.2, -0.15) is 0 Å². The van der Waals surface area contributed by atoms with Crippen molar-refractivity contribution in [3.63, 3.8) is 0 Å². The maximum Gasteiger partial charge on any atom is 0.192 e. The zero-order chi connectivity index (χ0) is 44.0. The zero-order valence-corrected chi connectivity index (χ0v) is 42.4. The Morgan fingerprint density at radius 3 is 1.65 bits per heavy atom. The van der Waals surface area contributed by atoms with Gasteiger partial charge < -0.3 is 27.8 Å². The van der Waals surface area contributed by atoms with Gasteiger partial charge in [-0.05, 0) is 139 Å². The van der Waals surface area contributed by atoms with Gasteiger partial charge in [0.2, 0.25) is 0 Å². The first-order valence-electron chi connectivity index (χ1n) is 22.0. The molecule has 5 rings (SSSR count). The van der Waals surface area contributed by atoms with Crippen molar-refractivity contribution < 1.29 is 32.2 Å². The van der Waals surface area contributed by atoms with Crippen molar-refractivity contribution in [3.05, 3.63) is 92.7 Å². The zero-order valence-electron chi connectivity index (χ0n) is 38.1. The number of aromatic nitrogens is 2. The normalized spacial score (nSPS) is 19.0. The minimum absolute atomic E-state index is 0.0383. The second-order valence-corrected chi connectivity index (χ2v) is 30.3. The van der Waals surface area contributed by atoms with E-state index >= 15 is 0 Å². The quantitative estimate of drug-likeness (QED) is 0.117. The Bertz CT molecular complexity index is 1700. The summed E-state index contributed by atoms with van der Waals surface area (Å²) in [5.41, 5.74) is 3.56. The van der Waals surface area contributed by atoms with Crippen LogP contribution in [0.2, 0.25) is 41.3 Å². The highest BCUT2D eigenvalue weighted by atomic mass is 79.9. The molecule has 4 unspecified atom stereocenters. The monoisotopic (exact) mass is 950 g/mol. The van der Waals surface area contributed by atoms with E-state index in [9.17, 15) is 4.39 Å². The van der Waals surface area contributed by atoms with E-state index in [1.165, 1.54) is 6.42 Å². The molecule has 13 heteroatoms. The molecule has 3 aromatic rings. The van der Waals surface area contributed by atoms with Crippen molar-refractivity contribution in [2.75, 3.05) is 39.6 Å². The highest BCUT2D eigenvalue weighted by molar-refractivity contribution is 9.10. The predicted octanol–water partition coefficient (Wildman–Crippen LogP) is 13.4. The molecule has 4 heterocycles. The van der Waals surface area contributed by atoms with Gasteiger partial charge in [0, 0.05) is 72.9 Å². The Labute approximate surface area is 376 Å². The maximum atomic E-state index is 14.3. The molecule has 1 aromatic carbocycles.